The van der Waals surface area contributed by atoms with Crippen molar-refractivity contribution in [3.63, 3.8) is 0 Å². The van der Waals surface area contributed by atoms with Crippen LogP contribution in [0.5, 0.6) is 5.75 Å². The highest BCUT2D eigenvalue weighted by Gasteiger charge is 2.29. The van der Waals surface area contributed by atoms with Crippen LogP contribution in [-0.4, -0.2) is 38.4 Å². The van der Waals surface area contributed by atoms with Crippen LogP contribution in [0.2, 0.25) is 0 Å². The molecule has 0 unspecified atom stereocenters. The Morgan fingerprint density at radius 3 is 2.48 bits per heavy atom. The normalized spacial score (nSPS) is 15.3. The molecule has 0 radical (unpaired) electrons. The fraction of sp³-hybridized carbons (Fsp3) is 0.409. The quantitative estimate of drug-likeness (QED) is 0.610. The lowest BCUT2D eigenvalue weighted by molar-refractivity contribution is -0.918. The maximum absolute atomic E-state index is 5.62. The van der Waals surface area contributed by atoms with Crippen LogP contribution in [0.25, 0.3) is 0 Å². The Balaban J connectivity index is 1.55. The largest absolute Gasteiger partial charge is 0.496 e. The van der Waals surface area contributed by atoms with Gasteiger partial charge in [0.1, 0.15) is 11.8 Å². The van der Waals surface area contributed by atoms with Crippen LogP contribution in [-0.2, 0) is 6.42 Å². The van der Waals surface area contributed by atoms with E-state index in [9.17, 15) is 0 Å². The number of rotatable bonds is 8. The van der Waals surface area contributed by atoms with Gasteiger partial charge in [0.2, 0.25) is 0 Å². The molecule has 1 fully saturated rings. The van der Waals surface area contributed by atoms with Crippen LogP contribution < -0.4 is 20.3 Å². The van der Waals surface area contributed by atoms with Gasteiger partial charge >= 0.3 is 0 Å². The average molecular weight is 385 g/mol. The molecule has 0 aromatic heterocycles. The summed E-state index contributed by atoms with van der Waals surface area (Å²) < 4.78 is 5.62. The van der Waals surface area contributed by atoms with Crippen molar-refractivity contribution >= 4 is 17.3 Å². The molecule has 0 saturated carbocycles. The highest BCUT2D eigenvalue weighted by atomic mass is 32.1. The van der Waals surface area contributed by atoms with Gasteiger partial charge in [0, 0.05) is 19.4 Å². The Kier molecular flexibility index (Phi) is 7.48. The number of hydrogen-bond donors (Lipinski definition) is 3. The van der Waals surface area contributed by atoms with Crippen molar-refractivity contribution in [1.29, 1.82) is 0 Å². The van der Waals surface area contributed by atoms with E-state index in [1.165, 1.54) is 37.1 Å². The first-order valence-corrected chi connectivity index (χ1v) is 10.2. The summed E-state index contributed by atoms with van der Waals surface area (Å²) in [5, 5.41) is 7.50. The van der Waals surface area contributed by atoms with E-state index in [0.717, 1.165) is 30.4 Å². The molecule has 0 amide bonds. The Hall–Kier alpha value is -2.11. The molecule has 3 rings (SSSR count). The Morgan fingerprint density at radius 1 is 1.04 bits per heavy atom. The summed E-state index contributed by atoms with van der Waals surface area (Å²) in [6.07, 6.45) is 3.55. The van der Waals surface area contributed by atoms with Gasteiger partial charge in [-0.15, -0.1) is 0 Å². The summed E-state index contributed by atoms with van der Waals surface area (Å²) in [7, 11) is 1.75. The third-order valence-electron chi connectivity index (χ3n) is 5.26. The Morgan fingerprint density at radius 2 is 1.74 bits per heavy atom. The second kappa shape index (κ2) is 10.3. The van der Waals surface area contributed by atoms with Crippen molar-refractivity contribution in [3.05, 3.63) is 65.7 Å². The van der Waals surface area contributed by atoms with Crippen LogP contribution >= 0.6 is 12.2 Å². The molecular formula is C22H30N3OS+. The number of ether oxygens (including phenoxy) is 1. The van der Waals surface area contributed by atoms with E-state index in [1.54, 1.807) is 12.0 Å². The SMILES string of the molecule is COc1ccccc1[C@@H](CNC(=S)NCCc1ccccc1)[NH+]1CCCC1. The van der Waals surface area contributed by atoms with Gasteiger partial charge in [-0.1, -0.05) is 42.5 Å². The number of methoxy groups -OCH3 is 1. The lowest BCUT2D eigenvalue weighted by Crippen LogP contribution is -3.11. The monoisotopic (exact) mass is 384 g/mol. The van der Waals surface area contributed by atoms with Crippen molar-refractivity contribution in [3.8, 4) is 5.75 Å². The number of quaternary nitrogens is 1. The number of benzene rings is 2. The second-order valence-corrected chi connectivity index (χ2v) is 7.44. The van der Waals surface area contributed by atoms with E-state index in [4.69, 9.17) is 17.0 Å². The molecule has 1 saturated heterocycles. The zero-order chi connectivity index (χ0) is 18.9. The Labute approximate surface area is 167 Å². The third-order valence-corrected chi connectivity index (χ3v) is 5.55. The molecule has 0 spiro atoms. The number of hydrogen-bond acceptors (Lipinski definition) is 2. The van der Waals surface area contributed by atoms with Gasteiger partial charge < -0.3 is 20.3 Å². The van der Waals surface area contributed by atoms with Crippen molar-refractivity contribution in [2.24, 2.45) is 0 Å². The molecule has 1 heterocycles. The van der Waals surface area contributed by atoms with Crippen LogP contribution in [0.15, 0.2) is 54.6 Å². The van der Waals surface area contributed by atoms with E-state index in [0.29, 0.717) is 6.04 Å². The van der Waals surface area contributed by atoms with Crippen LogP contribution in [0.4, 0.5) is 0 Å². The molecule has 5 heteroatoms. The van der Waals surface area contributed by atoms with Gasteiger partial charge in [-0.3, -0.25) is 0 Å². The highest BCUT2D eigenvalue weighted by Crippen LogP contribution is 2.23. The summed E-state index contributed by atoms with van der Waals surface area (Å²) in [5.41, 5.74) is 2.58. The van der Waals surface area contributed by atoms with Gasteiger partial charge in [0.25, 0.3) is 0 Å². The molecule has 2 aromatic carbocycles. The number of nitrogens with one attached hydrogen (secondary N) is 3. The molecule has 3 N–H and O–H groups in total. The molecule has 0 bridgehead atoms. The minimum atomic E-state index is 0.345. The lowest BCUT2D eigenvalue weighted by Gasteiger charge is -2.27. The third kappa shape index (κ3) is 5.68. The summed E-state index contributed by atoms with van der Waals surface area (Å²) >= 11 is 5.51. The van der Waals surface area contributed by atoms with Crippen LogP contribution in [0, 0.1) is 0 Å². The van der Waals surface area contributed by atoms with Gasteiger partial charge in [0.15, 0.2) is 5.11 Å². The summed E-state index contributed by atoms with van der Waals surface area (Å²) in [6, 6.07) is 19.2. The number of likely N-dealkylation sites (tertiary alicyclic amines) is 1. The highest BCUT2D eigenvalue weighted by molar-refractivity contribution is 7.80. The number of thiocarbonyl (C=S) groups is 1. The fourth-order valence-electron chi connectivity index (χ4n) is 3.83. The Bertz CT molecular complexity index is 717. The zero-order valence-corrected chi connectivity index (χ0v) is 16.9. The fourth-order valence-corrected chi connectivity index (χ4v) is 4.01. The topological polar surface area (TPSA) is 37.7 Å². The maximum Gasteiger partial charge on any atom is 0.166 e. The first kappa shape index (κ1) is 19.6. The van der Waals surface area contributed by atoms with Gasteiger partial charge in [-0.05, 0) is 36.3 Å². The van der Waals surface area contributed by atoms with Crippen LogP contribution in [0.1, 0.15) is 30.0 Å². The molecule has 1 atom stereocenters. The molecule has 2 aromatic rings. The van der Waals surface area contributed by atoms with Gasteiger partial charge in [0.05, 0.1) is 32.3 Å². The average Bonchev–Trinajstić information content (AvgIpc) is 3.24. The molecule has 144 valence electrons. The van der Waals surface area contributed by atoms with Gasteiger partial charge in [-0.25, -0.2) is 0 Å². The molecule has 1 aliphatic rings. The number of para-hydroxylation sites is 1. The predicted molar refractivity (Wildman–Crippen MR) is 114 cm³/mol. The van der Waals surface area contributed by atoms with Crippen molar-refractivity contribution in [2.75, 3.05) is 33.3 Å². The van der Waals surface area contributed by atoms with Gasteiger partial charge in [-0.2, -0.15) is 0 Å². The van der Waals surface area contributed by atoms with E-state index < -0.39 is 0 Å². The lowest BCUT2D eigenvalue weighted by atomic mass is 10.0. The van der Waals surface area contributed by atoms with E-state index in [1.807, 2.05) is 18.2 Å². The first-order valence-electron chi connectivity index (χ1n) is 9.81. The molecule has 27 heavy (non-hydrogen) atoms. The predicted octanol–water partition coefficient (Wildman–Crippen LogP) is 2.12. The maximum atomic E-state index is 5.62. The molecule has 1 aliphatic heterocycles. The minimum absolute atomic E-state index is 0.345. The summed E-state index contributed by atoms with van der Waals surface area (Å²) in [5.74, 6) is 0.964. The molecule has 0 aliphatic carbocycles. The smallest absolute Gasteiger partial charge is 0.166 e. The standard InChI is InChI=1S/C22H29N3OS/c1-26-21-12-6-5-11-19(21)20(25-15-7-8-16-25)17-24-22(27)23-14-13-18-9-3-2-4-10-18/h2-6,9-12,20H,7-8,13-17H2,1H3,(H2,23,24,27)/p+1/t20-/m1/s1. The summed E-state index contributed by atoms with van der Waals surface area (Å²) in [4.78, 5) is 1.61. The van der Waals surface area contributed by atoms with E-state index >= 15 is 0 Å². The van der Waals surface area contributed by atoms with Crippen molar-refractivity contribution < 1.29 is 9.64 Å². The second-order valence-electron chi connectivity index (χ2n) is 7.03. The minimum Gasteiger partial charge on any atom is -0.496 e. The molecular weight excluding hydrogens is 354 g/mol. The first-order chi connectivity index (χ1) is 13.3. The zero-order valence-electron chi connectivity index (χ0n) is 16.0. The molecule has 4 nitrogen and oxygen atoms in total. The van der Waals surface area contributed by atoms with Crippen molar-refractivity contribution in [2.45, 2.75) is 25.3 Å². The van der Waals surface area contributed by atoms with E-state index in [2.05, 4.69) is 47.0 Å². The summed E-state index contributed by atoms with van der Waals surface area (Å²) in [6.45, 7) is 4.07. The van der Waals surface area contributed by atoms with E-state index in [-0.39, 0.29) is 0 Å². The van der Waals surface area contributed by atoms with Crippen molar-refractivity contribution in [1.82, 2.24) is 10.6 Å². The van der Waals surface area contributed by atoms with Crippen LogP contribution in [0.3, 0.4) is 0 Å².